The van der Waals surface area contributed by atoms with Crippen LogP contribution in [-0.2, 0) is 11.2 Å². The minimum Gasteiger partial charge on any atom is -0.497 e. The van der Waals surface area contributed by atoms with E-state index in [1.807, 2.05) is 61.7 Å². The molecule has 1 atom stereocenters. The number of ether oxygens (including phenoxy) is 2. The summed E-state index contributed by atoms with van der Waals surface area (Å²) in [7, 11) is 1.60. The Morgan fingerprint density at radius 3 is 2.58 bits per heavy atom. The Kier molecular flexibility index (Phi) is 6.45. The predicted octanol–water partition coefficient (Wildman–Crippen LogP) is 5.08. The van der Waals surface area contributed by atoms with Crippen LogP contribution in [0.1, 0.15) is 12.5 Å². The van der Waals surface area contributed by atoms with Crippen molar-refractivity contribution in [1.29, 1.82) is 0 Å². The molecule has 0 saturated heterocycles. The van der Waals surface area contributed by atoms with Gasteiger partial charge >= 0.3 is 5.63 Å². The molecular formula is C29H26N2O5. The first kappa shape index (κ1) is 23.2. The van der Waals surface area contributed by atoms with Gasteiger partial charge in [-0.25, -0.2) is 4.79 Å². The molecule has 0 bridgehead atoms. The van der Waals surface area contributed by atoms with E-state index < -0.39 is 5.63 Å². The molecule has 7 heteroatoms. The number of carbonyl (C=O) groups excluding carboxylic acids is 1. The molecule has 36 heavy (non-hydrogen) atoms. The van der Waals surface area contributed by atoms with Crippen molar-refractivity contribution >= 4 is 27.8 Å². The van der Waals surface area contributed by atoms with Crippen molar-refractivity contribution in [3.8, 4) is 22.6 Å². The van der Waals surface area contributed by atoms with Gasteiger partial charge in [-0.1, -0.05) is 30.3 Å². The molecule has 0 spiro atoms. The van der Waals surface area contributed by atoms with E-state index in [0.717, 1.165) is 38.7 Å². The van der Waals surface area contributed by atoms with Gasteiger partial charge in [0.05, 0.1) is 7.11 Å². The van der Waals surface area contributed by atoms with E-state index in [-0.39, 0.29) is 18.6 Å². The number of H-pyrrole nitrogens is 1. The van der Waals surface area contributed by atoms with Gasteiger partial charge in [-0.05, 0) is 60.4 Å². The highest BCUT2D eigenvalue weighted by Crippen LogP contribution is 2.30. The molecule has 0 radical (unpaired) electrons. The summed E-state index contributed by atoms with van der Waals surface area (Å²) in [5, 5.41) is 4.90. The van der Waals surface area contributed by atoms with Gasteiger partial charge in [0.1, 0.15) is 17.1 Å². The average Bonchev–Trinajstić information content (AvgIpc) is 3.29. The minimum absolute atomic E-state index is 0.0676. The van der Waals surface area contributed by atoms with Gasteiger partial charge in [0, 0.05) is 40.7 Å². The highest BCUT2D eigenvalue weighted by atomic mass is 16.5. The third kappa shape index (κ3) is 4.95. The van der Waals surface area contributed by atoms with Crippen molar-refractivity contribution in [2.24, 2.45) is 0 Å². The topological polar surface area (TPSA) is 93.6 Å². The summed E-state index contributed by atoms with van der Waals surface area (Å²) in [4.78, 5) is 28.0. The predicted molar refractivity (Wildman–Crippen MR) is 140 cm³/mol. The first-order valence-electron chi connectivity index (χ1n) is 11.7. The lowest BCUT2D eigenvalue weighted by Crippen LogP contribution is -2.37. The lowest BCUT2D eigenvalue weighted by atomic mass is 10.0. The molecule has 182 valence electrons. The monoisotopic (exact) mass is 482 g/mol. The summed E-state index contributed by atoms with van der Waals surface area (Å²) in [6.07, 6.45) is 2.68. The molecule has 7 nitrogen and oxygen atoms in total. The fourth-order valence-electron chi connectivity index (χ4n) is 4.39. The number of para-hydroxylation sites is 1. The number of methoxy groups -OCH3 is 1. The Hall–Kier alpha value is -4.52. The van der Waals surface area contributed by atoms with Crippen molar-refractivity contribution in [2.75, 3.05) is 13.7 Å². The third-order valence-electron chi connectivity index (χ3n) is 6.10. The molecule has 3 aromatic carbocycles. The van der Waals surface area contributed by atoms with E-state index in [9.17, 15) is 9.59 Å². The van der Waals surface area contributed by atoms with Crippen molar-refractivity contribution in [2.45, 2.75) is 19.4 Å². The Bertz CT molecular complexity index is 1580. The highest BCUT2D eigenvalue weighted by Gasteiger charge is 2.13. The number of fused-ring (bicyclic) bond motifs is 2. The smallest absolute Gasteiger partial charge is 0.336 e. The van der Waals surface area contributed by atoms with Gasteiger partial charge in [0.25, 0.3) is 5.91 Å². The van der Waals surface area contributed by atoms with E-state index in [1.165, 1.54) is 6.07 Å². The van der Waals surface area contributed by atoms with E-state index in [0.29, 0.717) is 17.8 Å². The molecule has 0 unspecified atom stereocenters. The average molecular weight is 483 g/mol. The zero-order valence-electron chi connectivity index (χ0n) is 20.0. The summed E-state index contributed by atoms with van der Waals surface area (Å²) >= 11 is 0. The molecule has 5 aromatic rings. The molecule has 0 aliphatic heterocycles. The second kappa shape index (κ2) is 10.00. The van der Waals surface area contributed by atoms with Crippen molar-refractivity contribution in [3.05, 3.63) is 95.0 Å². The molecule has 1 amide bonds. The molecule has 0 aliphatic rings. The second-order valence-corrected chi connectivity index (χ2v) is 8.69. The number of hydrogen-bond acceptors (Lipinski definition) is 5. The maximum absolute atomic E-state index is 12.5. The van der Waals surface area contributed by atoms with Crippen LogP contribution >= 0.6 is 0 Å². The van der Waals surface area contributed by atoms with Gasteiger partial charge in [-0.3, -0.25) is 4.79 Å². The molecule has 0 saturated carbocycles. The molecule has 0 fully saturated rings. The van der Waals surface area contributed by atoms with Gasteiger partial charge in [0.2, 0.25) is 0 Å². The Morgan fingerprint density at radius 1 is 1.00 bits per heavy atom. The third-order valence-corrected chi connectivity index (χ3v) is 6.10. The number of hydrogen-bond donors (Lipinski definition) is 2. The van der Waals surface area contributed by atoms with Crippen LogP contribution < -0.4 is 20.4 Å². The van der Waals surface area contributed by atoms with Crippen LogP contribution in [0.5, 0.6) is 11.5 Å². The zero-order valence-corrected chi connectivity index (χ0v) is 20.0. The normalized spacial score (nSPS) is 11.9. The molecule has 2 N–H and O–H groups in total. The number of aromatic amines is 1. The van der Waals surface area contributed by atoms with Gasteiger partial charge in [-0.2, -0.15) is 0 Å². The summed E-state index contributed by atoms with van der Waals surface area (Å²) < 4.78 is 16.3. The van der Waals surface area contributed by atoms with Crippen LogP contribution in [0.25, 0.3) is 33.0 Å². The van der Waals surface area contributed by atoms with Crippen LogP contribution in [0.4, 0.5) is 0 Å². The highest BCUT2D eigenvalue weighted by molar-refractivity contribution is 5.94. The second-order valence-electron chi connectivity index (χ2n) is 8.69. The molecule has 2 heterocycles. The lowest BCUT2D eigenvalue weighted by Gasteiger charge is -2.14. The SMILES string of the molecule is COc1ccc(-c2cc(=O)oc3cc(OCC(=O)N[C@H](C)Cc4c[nH]c5ccccc45)ccc23)cc1. The molecule has 2 aromatic heterocycles. The summed E-state index contributed by atoms with van der Waals surface area (Å²) in [6.45, 7) is 1.82. The van der Waals surface area contributed by atoms with Crippen LogP contribution in [0.3, 0.4) is 0 Å². The minimum atomic E-state index is -0.464. The van der Waals surface area contributed by atoms with Gasteiger partial charge in [-0.15, -0.1) is 0 Å². The van der Waals surface area contributed by atoms with E-state index >= 15 is 0 Å². The van der Waals surface area contributed by atoms with Crippen molar-refractivity contribution in [1.82, 2.24) is 10.3 Å². The Balaban J connectivity index is 1.25. The maximum Gasteiger partial charge on any atom is 0.336 e. The first-order chi connectivity index (χ1) is 17.5. The molecular weight excluding hydrogens is 456 g/mol. The number of rotatable bonds is 8. The number of amides is 1. The number of benzene rings is 3. The summed E-state index contributed by atoms with van der Waals surface area (Å²) in [5.74, 6) is 0.948. The van der Waals surface area contributed by atoms with E-state index in [1.54, 1.807) is 19.2 Å². The molecule has 0 aliphatic carbocycles. The number of aromatic nitrogens is 1. The van der Waals surface area contributed by atoms with Crippen LogP contribution in [-0.4, -0.2) is 30.6 Å². The van der Waals surface area contributed by atoms with E-state index in [4.69, 9.17) is 13.9 Å². The fraction of sp³-hybridized carbons (Fsp3) is 0.172. The standard InChI is InChI=1S/C29H26N2O5/c1-18(13-20-16-30-26-6-4-3-5-23(20)26)31-28(32)17-35-22-11-12-24-25(15-29(33)36-27(24)14-22)19-7-9-21(34-2)10-8-19/h3-12,14-16,18,30H,13,17H2,1-2H3,(H,31,32)/t18-/m1/s1. The van der Waals surface area contributed by atoms with Crippen molar-refractivity contribution in [3.63, 3.8) is 0 Å². The van der Waals surface area contributed by atoms with Crippen LogP contribution in [0.15, 0.2) is 88.2 Å². The number of carbonyl (C=O) groups is 1. The van der Waals surface area contributed by atoms with Gasteiger partial charge < -0.3 is 24.2 Å². The maximum atomic E-state index is 12.5. The summed E-state index contributed by atoms with van der Waals surface area (Å²) in [6, 6.07) is 22.2. The zero-order chi connectivity index (χ0) is 25.1. The summed E-state index contributed by atoms with van der Waals surface area (Å²) in [5.41, 5.74) is 3.77. The number of nitrogens with one attached hydrogen (secondary N) is 2. The Morgan fingerprint density at radius 2 is 1.78 bits per heavy atom. The molecule has 5 rings (SSSR count). The van der Waals surface area contributed by atoms with Crippen LogP contribution in [0.2, 0.25) is 0 Å². The van der Waals surface area contributed by atoms with Crippen molar-refractivity contribution < 1.29 is 18.7 Å². The fourth-order valence-corrected chi connectivity index (χ4v) is 4.39. The van der Waals surface area contributed by atoms with Crippen LogP contribution in [0, 0.1) is 0 Å². The lowest BCUT2D eigenvalue weighted by molar-refractivity contribution is -0.123. The van der Waals surface area contributed by atoms with E-state index in [2.05, 4.69) is 16.4 Å². The first-order valence-corrected chi connectivity index (χ1v) is 11.7. The largest absolute Gasteiger partial charge is 0.497 e. The quantitative estimate of drug-likeness (QED) is 0.301. The Labute approximate surface area is 207 Å². The van der Waals surface area contributed by atoms with Gasteiger partial charge in [0.15, 0.2) is 6.61 Å².